The van der Waals surface area contributed by atoms with Gasteiger partial charge in [0.25, 0.3) is 0 Å². The summed E-state index contributed by atoms with van der Waals surface area (Å²) in [6.07, 6.45) is 2.57. The molecule has 0 aromatic heterocycles. The molecular weight excluding hydrogens is 142 g/mol. The Morgan fingerprint density at radius 1 is 1.70 bits per heavy atom. The smallest absolute Gasteiger partial charge is 0.0656 e. The Kier molecular flexibility index (Phi) is 3.08. The molecule has 2 heteroatoms. The van der Waals surface area contributed by atoms with E-state index >= 15 is 0 Å². The monoisotopic (exact) mass is 155 g/mol. The molecule has 0 aromatic carbocycles. The molecule has 0 amide bonds. The van der Waals surface area contributed by atoms with E-state index < -0.39 is 0 Å². The number of nitriles is 1. The molecule has 1 aliphatic rings. The van der Waals surface area contributed by atoms with Crippen LogP contribution in [0.3, 0.4) is 0 Å². The van der Waals surface area contributed by atoms with Crippen molar-refractivity contribution in [1.82, 2.24) is 0 Å². The molecule has 1 nitrogen and oxygen atoms in total. The Balaban J connectivity index is 2.33. The van der Waals surface area contributed by atoms with Crippen molar-refractivity contribution in [2.45, 2.75) is 19.8 Å². The summed E-state index contributed by atoms with van der Waals surface area (Å²) in [6.45, 7) is 2.04. The lowest BCUT2D eigenvalue weighted by Crippen LogP contribution is -2.17. The van der Waals surface area contributed by atoms with Crippen LogP contribution in [0.2, 0.25) is 0 Å². The molecule has 0 aromatic rings. The zero-order valence-electron chi connectivity index (χ0n) is 6.34. The van der Waals surface area contributed by atoms with E-state index in [1.54, 1.807) is 0 Å². The normalized spacial score (nSPS) is 29.0. The first-order valence-corrected chi connectivity index (χ1v) is 4.97. The van der Waals surface area contributed by atoms with E-state index in [-0.39, 0.29) is 5.92 Å². The summed E-state index contributed by atoms with van der Waals surface area (Å²) in [6, 6.07) is 2.32. The molecular formula is C8H13NS. The molecule has 10 heavy (non-hydrogen) atoms. The molecule has 2 unspecified atom stereocenters. The van der Waals surface area contributed by atoms with Crippen LogP contribution in [-0.2, 0) is 0 Å². The zero-order valence-corrected chi connectivity index (χ0v) is 7.16. The fourth-order valence-electron chi connectivity index (χ4n) is 1.27. The number of hydrogen-bond donors (Lipinski definition) is 0. The fourth-order valence-corrected chi connectivity index (χ4v) is 2.56. The van der Waals surface area contributed by atoms with Crippen molar-refractivity contribution >= 4 is 11.8 Å². The van der Waals surface area contributed by atoms with Crippen LogP contribution in [0.1, 0.15) is 19.8 Å². The van der Waals surface area contributed by atoms with Crippen molar-refractivity contribution in [3.63, 3.8) is 0 Å². The zero-order chi connectivity index (χ0) is 7.40. The second-order valence-electron chi connectivity index (χ2n) is 2.89. The van der Waals surface area contributed by atoms with Gasteiger partial charge in [-0.15, -0.1) is 0 Å². The summed E-state index contributed by atoms with van der Waals surface area (Å²) < 4.78 is 0. The van der Waals surface area contributed by atoms with Crippen LogP contribution >= 0.6 is 11.8 Å². The molecule has 0 saturated carbocycles. The number of rotatable bonds is 1. The highest BCUT2D eigenvalue weighted by molar-refractivity contribution is 7.99. The van der Waals surface area contributed by atoms with E-state index in [0.29, 0.717) is 5.92 Å². The van der Waals surface area contributed by atoms with Crippen LogP contribution in [0.25, 0.3) is 0 Å². The van der Waals surface area contributed by atoms with E-state index in [4.69, 9.17) is 5.26 Å². The van der Waals surface area contributed by atoms with Crippen molar-refractivity contribution < 1.29 is 0 Å². The van der Waals surface area contributed by atoms with Crippen molar-refractivity contribution in [3.05, 3.63) is 0 Å². The molecule has 1 rings (SSSR count). The maximum atomic E-state index is 8.63. The number of nitrogens with zero attached hydrogens (tertiary/aromatic N) is 1. The summed E-state index contributed by atoms with van der Waals surface area (Å²) in [5.41, 5.74) is 0. The lowest BCUT2D eigenvalue weighted by Gasteiger charge is -2.22. The minimum atomic E-state index is 0.271. The highest BCUT2D eigenvalue weighted by atomic mass is 32.2. The van der Waals surface area contributed by atoms with Gasteiger partial charge in [0, 0.05) is 5.92 Å². The van der Waals surface area contributed by atoms with Crippen LogP contribution in [0.15, 0.2) is 0 Å². The van der Waals surface area contributed by atoms with Gasteiger partial charge in [0.15, 0.2) is 0 Å². The van der Waals surface area contributed by atoms with Gasteiger partial charge in [0.1, 0.15) is 0 Å². The van der Waals surface area contributed by atoms with Gasteiger partial charge in [-0.05, 0) is 37.2 Å². The predicted octanol–water partition coefficient (Wildman–Crippen LogP) is 2.29. The van der Waals surface area contributed by atoms with Gasteiger partial charge in [-0.25, -0.2) is 0 Å². The Labute approximate surface area is 66.8 Å². The molecule has 0 spiro atoms. The average Bonchev–Trinajstić information content (AvgIpc) is 2.05. The Morgan fingerprint density at radius 2 is 2.50 bits per heavy atom. The second kappa shape index (κ2) is 3.88. The van der Waals surface area contributed by atoms with Gasteiger partial charge >= 0.3 is 0 Å². The largest absolute Gasteiger partial charge is 0.198 e. The molecule has 2 atom stereocenters. The fraction of sp³-hybridized carbons (Fsp3) is 0.875. The lowest BCUT2D eigenvalue weighted by atomic mass is 9.93. The van der Waals surface area contributed by atoms with E-state index in [9.17, 15) is 0 Å². The Morgan fingerprint density at radius 3 is 3.00 bits per heavy atom. The first-order chi connectivity index (χ1) is 4.84. The molecule has 56 valence electrons. The quantitative estimate of drug-likeness (QED) is 0.580. The first kappa shape index (κ1) is 7.94. The summed E-state index contributed by atoms with van der Waals surface area (Å²) in [7, 11) is 0. The van der Waals surface area contributed by atoms with Crippen LogP contribution in [0.5, 0.6) is 0 Å². The minimum absolute atomic E-state index is 0.271. The molecule has 1 heterocycles. The van der Waals surface area contributed by atoms with Crippen molar-refractivity contribution in [2.24, 2.45) is 11.8 Å². The lowest BCUT2D eigenvalue weighted by molar-refractivity contribution is 0.432. The van der Waals surface area contributed by atoms with E-state index in [1.165, 1.54) is 24.3 Å². The molecule has 1 saturated heterocycles. The summed E-state index contributed by atoms with van der Waals surface area (Å²) in [4.78, 5) is 0. The topological polar surface area (TPSA) is 23.8 Å². The third kappa shape index (κ3) is 1.91. The molecule has 0 aliphatic carbocycles. The SMILES string of the molecule is CC(C#N)C1CCCSC1. The van der Waals surface area contributed by atoms with Gasteiger partial charge in [-0.2, -0.15) is 17.0 Å². The minimum Gasteiger partial charge on any atom is -0.198 e. The maximum absolute atomic E-state index is 8.63. The summed E-state index contributed by atoms with van der Waals surface area (Å²) >= 11 is 2.00. The highest BCUT2D eigenvalue weighted by Gasteiger charge is 2.19. The van der Waals surface area contributed by atoms with Crippen molar-refractivity contribution in [3.8, 4) is 6.07 Å². The number of thioether (sulfide) groups is 1. The molecule has 0 radical (unpaired) electrons. The van der Waals surface area contributed by atoms with Crippen LogP contribution < -0.4 is 0 Å². The average molecular weight is 155 g/mol. The van der Waals surface area contributed by atoms with E-state index in [0.717, 1.165) is 0 Å². The third-order valence-corrected chi connectivity index (χ3v) is 3.35. The Hall–Kier alpha value is -0.160. The Bertz CT molecular complexity index is 133. The van der Waals surface area contributed by atoms with Gasteiger partial charge < -0.3 is 0 Å². The maximum Gasteiger partial charge on any atom is 0.0656 e. The molecule has 0 bridgehead atoms. The van der Waals surface area contributed by atoms with Crippen molar-refractivity contribution in [2.75, 3.05) is 11.5 Å². The van der Waals surface area contributed by atoms with Gasteiger partial charge in [0.05, 0.1) is 6.07 Å². The first-order valence-electron chi connectivity index (χ1n) is 3.82. The summed E-state index contributed by atoms with van der Waals surface area (Å²) in [5.74, 6) is 3.44. The third-order valence-electron chi connectivity index (χ3n) is 2.11. The summed E-state index contributed by atoms with van der Waals surface area (Å²) in [5, 5.41) is 8.63. The van der Waals surface area contributed by atoms with Crippen LogP contribution in [-0.4, -0.2) is 11.5 Å². The highest BCUT2D eigenvalue weighted by Crippen LogP contribution is 2.27. The molecule has 1 fully saturated rings. The van der Waals surface area contributed by atoms with E-state index in [1.807, 2.05) is 18.7 Å². The standard InChI is InChI=1S/C8H13NS/c1-7(5-9)8-3-2-4-10-6-8/h7-8H,2-4,6H2,1H3. The van der Waals surface area contributed by atoms with Gasteiger partial charge in [-0.1, -0.05) is 0 Å². The van der Waals surface area contributed by atoms with Crippen LogP contribution in [0.4, 0.5) is 0 Å². The van der Waals surface area contributed by atoms with E-state index in [2.05, 4.69) is 6.07 Å². The van der Waals surface area contributed by atoms with Crippen LogP contribution in [0, 0.1) is 23.2 Å². The predicted molar refractivity (Wildman–Crippen MR) is 44.8 cm³/mol. The second-order valence-corrected chi connectivity index (χ2v) is 4.04. The number of hydrogen-bond acceptors (Lipinski definition) is 2. The van der Waals surface area contributed by atoms with Gasteiger partial charge in [0.2, 0.25) is 0 Å². The molecule has 1 aliphatic heterocycles. The van der Waals surface area contributed by atoms with Gasteiger partial charge in [-0.3, -0.25) is 0 Å². The molecule has 0 N–H and O–H groups in total. The van der Waals surface area contributed by atoms with Crippen molar-refractivity contribution in [1.29, 1.82) is 5.26 Å².